The molecule has 0 saturated carbocycles. The van der Waals surface area contributed by atoms with Gasteiger partial charge in [-0.2, -0.15) is 0 Å². The van der Waals surface area contributed by atoms with Crippen LogP contribution >= 0.6 is 11.6 Å². The average molecular weight is 232 g/mol. The van der Waals surface area contributed by atoms with E-state index in [0.29, 0.717) is 18.8 Å². The van der Waals surface area contributed by atoms with Crippen LogP contribution in [0.2, 0.25) is 5.15 Å². The highest BCUT2D eigenvalue weighted by Crippen LogP contribution is 2.22. The Balaban J connectivity index is 2.41. The van der Waals surface area contributed by atoms with Gasteiger partial charge in [-0.1, -0.05) is 11.6 Å². The Kier molecular flexibility index (Phi) is 2.36. The van der Waals surface area contributed by atoms with Gasteiger partial charge < -0.3 is 0 Å². The summed E-state index contributed by atoms with van der Waals surface area (Å²) in [6.45, 7) is 0.482. The lowest BCUT2D eigenvalue weighted by molar-refractivity contribution is 0.599. The average Bonchev–Trinajstić information content (AvgIpc) is 2.45. The predicted molar refractivity (Wildman–Crippen MR) is 53.8 cm³/mol. The molecule has 0 N–H and O–H groups in total. The molecule has 0 amide bonds. The molecule has 0 aromatic carbocycles. The molecule has 14 heavy (non-hydrogen) atoms. The van der Waals surface area contributed by atoms with Crippen molar-refractivity contribution in [2.45, 2.75) is 6.42 Å². The number of halogens is 1. The summed E-state index contributed by atoms with van der Waals surface area (Å²) in [5.41, 5.74) is 0. The van der Waals surface area contributed by atoms with E-state index in [1.54, 1.807) is 12.1 Å². The highest BCUT2D eigenvalue weighted by Gasteiger charge is 2.29. The molecule has 2 rings (SSSR count). The zero-order chi connectivity index (χ0) is 10.2. The van der Waals surface area contributed by atoms with Crippen molar-refractivity contribution in [3.63, 3.8) is 0 Å². The molecule has 0 spiro atoms. The van der Waals surface area contributed by atoms with Gasteiger partial charge in [0.05, 0.1) is 5.75 Å². The van der Waals surface area contributed by atoms with Crippen molar-refractivity contribution in [3.05, 3.63) is 23.4 Å². The van der Waals surface area contributed by atoms with Gasteiger partial charge in [-0.3, -0.25) is 4.31 Å². The van der Waals surface area contributed by atoms with Gasteiger partial charge in [0.15, 0.2) is 0 Å². The smallest absolute Gasteiger partial charge is 0.236 e. The fourth-order valence-corrected chi connectivity index (χ4v) is 3.05. The molecule has 0 aliphatic carbocycles. The van der Waals surface area contributed by atoms with Crippen molar-refractivity contribution in [1.29, 1.82) is 0 Å². The zero-order valence-electron chi connectivity index (χ0n) is 7.27. The molecule has 0 bridgehead atoms. The fourth-order valence-electron chi connectivity index (χ4n) is 1.39. The molecule has 1 saturated heterocycles. The summed E-state index contributed by atoms with van der Waals surface area (Å²) in [6, 6.07) is 5.82. The summed E-state index contributed by atoms with van der Waals surface area (Å²) in [5, 5.41) is 0.185. The number of hydrogen-bond acceptors (Lipinski definition) is 3. The lowest BCUT2D eigenvalue weighted by Gasteiger charge is -2.14. The van der Waals surface area contributed by atoms with Crippen LogP contribution in [0.15, 0.2) is 12.1 Å². The van der Waals surface area contributed by atoms with Gasteiger partial charge in [-0.15, -0.1) is 0 Å². The third kappa shape index (κ3) is 1.69. The zero-order valence-corrected chi connectivity index (χ0v) is 8.85. The minimum Gasteiger partial charge on any atom is -0.254 e. The monoisotopic (exact) mass is 231 g/mol. The summed E-state index contributed by atoms with van der Waals surface area (Å²) >= 11 is 5.63. The topological polar surface area (TPSA) is 50.3 Å². The quantitative estimate of drug-likeness (QED) is 0.680. The van der Waals surface area contributed by atoms with E-state index in [2.05, 4.69) is 11.1 Å². The molecular weight excluding hydrogens is 224 g/mol. The molecule has 1 aliphatic heterocycles. The second-order valence-corrected chi connectivity index (χ2v) is 5.35. The van der Waals surface area contributed by atoms with Crippen molar-refractivity contribution in [2.75, 3.05) is 16.6 Å². The number of anilines is 1. The highest BCUT2D eigenvalue weighted by molar-refractivity contribution is 7.93. The molecule has 2 heterocycles. The second kappa shape index (κ2) is 3.40. The number of sulfonamides is 1. The first-order chi connectivity index (χ1) is 6.59. The summed E-state index contributed by atoms with van der Waals surface area (Å²) in [5.74, 6) is 0.566. The van der Waals surface area contributed by atoms with Crippen LogP contribution in [-0.2, 0) is 10.0 Å². The van der Waals surface area contributed by atoms with Gasteiger partial charge >= 0.3 is 0 Å². The van der Waals surface area contributed by atoms with E-state index in [-0.39, 0.29) is 10.9 Å². The first kappa shape index (κ1) is 9.73. The van der Waals surface area contributed by atoms with Crippen LogP contribution in [0, 0.1) is 6.07 Å². The summed E-state index contributed by atoms with van der Waals surface area (Å²) in [7, 11) is -3.16. The number of hydrogen-bond donors (Lipinski definition) is 0. The maximum absolute atomic E-state index is 11.5. The first-order valence-electron chi connectivity index (χ1n) is 4.14. The number of pyridine rings is 1. The lowest BCUT2D eigenvalue weighted by atomic mass is 10.4. The molecule has 1 fully saturated rings. The minimum absolute atomic E-state index is 0.185. The Morgan fingerprint density at radius 1 is 1.57 bits per heavy atom. The summed E-state index contributed by atoms with van der Waals surface area (Å²) < 4.78 is 24.3. The molecule has 1 aromatic heterocycles. The summed E-state index contributed by atoms with van der Waals surface area (Å²) in [4.78, 5) is 3.91. The first-order valence-corrected chi connectivity index (χ1v) is 6.13. The molecular formula is C8H8ClN2O2S. The van der Waals surface area contributed by atoms with E-state index < -0.39 is 10.0 Å². The van der Waals surface area contributed by atoms with Crippen LogP contribution in [0.3, 0.4) is 0 Å². The van der Waals surface area contributed by atoms with Crippen LogP contribution in [0.4, 0.5) is 5.82 Å². The summed E-state index contributed by atoms with van der Waals surface area (Å²) in [6.07, 6.45) is 0.639. The highest BCUT2D eigenvalue weighted by atomic mass is 35.5. The normalized spacial score (nSPS) is 19.9. The maximum Gasteiger partial charge on any atom is 0.236 e. The molecule has 1 aliphatic rings. The van der Waals surface area contributed by atoms with Gasteiger partial charge in [0.2, 0.25) is 10.0 Å². The largest absolute Gasteiger partial charge is 0.254 e. The van der Waals surface area contributed by atoms with E-state index in [0.717, 1.165) is 0 Å². The van der Waals surface area contributed by atoms with Crippen LogP contribution < -0.4 is 4.31 Å². The SMILES string of the molecule is O=S1(=O)CCCN1c1cc[c]c(Cl)n1. The van der Waals surface area contributed by atoms with E-state index in [9.17, 15) is 8.42 Å². The standard InChI is InChI=1S/C8H8ClN2O2S/c9-7-3-1-4-8(10-7)11-5-2-6-14(11,12)13/h1,4H,2,5-6H2. The Labute approximate surface area is 87.6 Å². The number of aromatic nitrogens is 1. The van der Waals surface area contributed by atoms with Crippen LogP contribution in [0.1, 0.15) is 6.42 Å². The van der Waals surface area contributed by atoms with Gasteiger partial charge in [0.1, 0.15) is 11.0 Å². The number of rotatable bonds is 1. The van der Waals surface area contributed by atoms with Gasteiger partial charge in [0, 0.05) is 12.6 Å². The molecule has 1 aromatic rings. The van der Waals surface area contributed by atoms with Crippen molar-refractivity contribution >= 4 is 27.4 Å². The van der Waals surface area contributed by atoms with Gasteiger partial charge in [-0.25, -0.2) is 13.4 Å². The van der Waals surface area contributed by atoms with Crippen molar-refractivity contribution < 1.29 is 8.42 Å². The third-order valence-electron chi connectivity index (χ3n) is 2.00. The van der Waals surface area contributed by atoms with Gasteiger partial charge in [0.25, 0.3) is 0 Å². The van der Waals surface area contributed by atoms with Crippen molar-refractivity contribution in [1.82, 2.24) is 4.98 Å². The predicted octanol–water partition coefficient (Wildman–Crippen LogP) is 1.08. The van der Waals surface area contributed by atoms with Crippen molar-refractivity contribution in [3.8, 4) is 0 Å². The van der Waals surface area contributed by atoms with E-state index in [4.69, 9.17) is 11.6 Å². The minimum atomic E-state index is -3.16. The molecule has 0 unspecified atom stereocenters. The Bertz CT molecular complexity index is 446. The molecule has 1 radical (unpaired) electrons. The van der Waals surface area contributed by atoms with Crippen molar-refractivity contribution in [2.24, 2.45) is 0 Å². The number of nitrogens with zero attached hydrogens (tertiary/aromatic N) is 2. The maximum atomic E-state index is 11.5. The Morgan fingerprint density at radius 3 is 2.93 bits per heavy atom. The van der Waals surface area contributed by atoms with E-state index >= 15 is 0 Å². The molecule has 4 nitrogen and oxygen atoms in total. The molecule has 75 valence electrons. The van der Waals surface area contributed by atoms with Gasteiger partial charge in [-0.05, 0) is 18.6 Å². The van der Waals surface area contributed by atoms with E-state index in [1.165, 1.54) is 4.31 Å². The lowest BCUT2D eigenvalue weighted by Crippen LogP contribution is -2.25. The van der Waals surface area contributed by atoms with Crippen LogP contribution in [0.25, 0.3) is 0 Å². The molecule has 0 atom stereocenters. The molecule has 6 heteroatoms. The Hall–Kier alpha value is -0.810. The van der Waals surface area contributed by atoms with E-state index in [1.807, 2.05) is 0 Å². The van der Waals surface area contributed by atoms with Crippen LogP contribution in [0.5, 0.6) is 0 Å². The second-order valence-electron chi connectivity index (χ2n) is 2.98. The Morgan fingerprint density at radius 2 is 2.36 bits per heavy atom. The van der Waals surface area contributed by atoms with Crippen LogP contribution in [-0.4, -0.2) is 25.7 Å². The third-order valence-corrected chi connectivity index (χ3v) is 4.04. The fraction of sp³-hybridized carbons (Fsp3) is 0.375.